The van der Waals surface area contributed by atoms with E-state index in [1.807, 2.05) is 20.2 Å². The number of aromatic nitrogens is 3. The summed E-state index contributed by atoms with van der Waals surface area (Å²) in [5, 5.41) is 8.97. The normalized spacial score (nSPS) is 16.7. The van der Waals surface area contributed by atoms with E-state index in [4.69, 9.17) is 11.6 Å². The molecule has 5 nitrogen and oxygen atoms in total. The van der Waals surface area contributed by atoms with Crippen LogP contribution in [-0.4, -0.2) is 51.7 Å². The van der Waals surface area contributed by atoms with Crippen LogP contribution in [0, 0.1) is 5.82 Å². The summed E-state index contributed by atoms with van der Waals surface area (Å²) in [6, 6.07) is 4.97. The average Bonchev–Trinajstić information content (AvgIpc) is 2.92. The van der Waals surface area contributed by atoms with E-state index in [2.05, 4.69) is 31.6 Å². The van der Waals surface area contributed by atoms with Crippen LogP contribution in [0.3, 0.4) is 0 Å². The molecule has 1 aromatic carbocycles. The highest BCUT2D eigenvalue weighted by molar-refractivity contribution is 6.30. The van der Waals surface area contributed by atoms with E-state index < -0.39 is 0 Å². The molecule has 0 aliphatic carbocycles. The largest absolute Gasteiger partial charge is 0.317 e. The summed E-state index contributed by atoms with van der Waals surface area (Å²) in [6.07, 6.45) is 2.12. The molecular formula is C18H25ClFN5. The van der Waals surface area contributed by atoms with Crippen LogP contribution in [0.1, 0.15) is 36.0 Å². The number of halogens is 2. The van der Waals surface area contributed by atoms with Crippen LogP contribution < -0.4 is 0 Å². The molecule has 0 amide bonds. The third kappa shape index (κ3) is 4.37. The zero-order chi connectivity index (χ0) is 18.0. The molecule has 7 heteroatoms. The SMILES string of the molecule is CN(C)Cc1nnc(C2CCN(Cc3ccc(F)c(Cl)c3)CC2)n1C. The Morgan fingerprint density at radius 2 is 1.96 bits per heavy atom. The van der Waals surface area contributed by atoms with Crippen LogP contribution in [-0.2, 0) is 20.1 Å². The molecule has 2 aromatic rings. The second kappa shape index (κ2) is 7.81. The molecule has 1 fully saturated rings. The van der Waals surface area contributed by atoms with Crippen molar-refractivity contribution < 1.29 is 4.39 Å². The van der Waals surface area contributed by atoms with Gasteiger partial charge in [0, 0.05) is 19.5 Å². The fraction of sp³-hybridized carbons (Fsp3) is 0.556. The van der Waals surface area contributed by atoms with Crippen molar-refractivity contribution in [3.05, 3.63) is 46.3 Å². The van der Waals surface area contributed by atoms with Gasteiger partial charge in [0.25, 0.3) is 0 Å². The Labute approximate surface area is 153 Å². The Kier molecular flexibility index (Phi) is 5.71. The summed E-state index contributed by atoms with van der Waals surface area (Å²) >= 11 is 5.88. The van der Waals surface area contributed by atoms with E-state index in [0.717, 1.165) is 56.2 Å². The first-order valence-corrected chi connectivity index (χ1v) is 9.01. The lowest BCUT2D eigenvalue weighted by Gasteiger charge is -2.31. The lowest BCUT2D eigenvalue weighted by atomic mass is 9.95. The van der Waals surface area contributed by atoms with Gasteiger partial charge in [-0.05, 0) is 57.7 Å². The minimum atomic E-state index is -0.361. The molecule has 1 saturated heterocycles. The molecular weight excluding hydrogens is 341 g/mol. The molecule has 0 bridgehead atoms. The highest BCUT2D eigenvalue weighted by atomic mass is 35.5. The summed E-state index contributed by atoms with van der Waals surface area (Å²) < 4.78 is 15.4. The lowest BCUT2D eigenvalue weighted by molar-refractivity contribution is 0.200. The van der Waals surface area contributed by atoms with E-state index in [1.165, 1.54) is 6.07 Å². The minimum absolute atomic E-state index is 0.194. The minimum Gasteiger partial charge on any atom is -0.317 e. The summed E-state index contributed by atoms with van der Waals surface area (Å²) in [6.45, 7) is 3.59. The molecule has 0 atom stereocenters. The Morgan fingerprint density at radius 1 is 1.24 bits per heavy atom. The predicted octanol–water partition coefficient (Wildman–Crippen LogP) is 3.05. The zero-order valence-electron chi connectivity index (χ0n) is 15.0. The van der Waals surface area contributed by atoms with Crippen molar-refractivity contribution in [2.24, 2.45) is 7.05 Å². The van der Waals surface area contributed by atoms with E-state index in [0.29, 0.717) is 5.92 Å². The van der Waals surface area contributed by atoms with Crippen molar-refractivity contribution in [3.63, 3.8) is 0 Å². The first-order chi connectivity index (χ1) is 11.9. The van der Waals surface area contributed by atoms with Gasteiger partial charge < -0.3 is 9.47 Å². The predicted molar refractivity (Wildman–Crippen MR) is 97.1 cm³/mol. The molecule has 2 heterocycles. The van der Waals surface area contributed by atoms with Crippen LogP contribution in [0.4, 0.5) is 4.39 Å². The molecule has 1 aromatic heterocycles. The molecule has 136 valence electrons. The fourth-order valence-corrected chi connectivity index (χ4v) is 3.60. The molecule has 3 rings (SSSR count). The van der Waals surface area contributed by atoms with Crippen molar-refractivity contribution >= 4 is 11.6 Å². The second-order valence-electron chi connectivity index (χ2n) is 7.07. The lowest BCUT2D eigenvalue weighted by Crippen LogP contribution is -2.33. The maximum atomic E-state index is 13.3. The quantitative estimate of drug-likeness (QED) is 0.816. The molecule has 0 spiro atoms. The monoisotopic (exact) mass is 365 g/mol. The number of benzene rings is 1. The Bertz CT molecular complexity index is 722. The van der Waals surface area contributed by atoms with Crippen LogP contribution in [0.25, 0.3) is 0 Å². The van der Waals surface area contributed by atoms with Gasteiger partial charge in [-0.2, -0.15) is 0 Å². The maximum absolute atomic E-state index is 13.3. The Morgan fingerprint density at radius 3 is 2.60 bits per heavy atom. The summed E-state index contributed by atoms with van der Waals surface area (Å²) in [5.74, 6) is 2.17. The van der Waals surface area contributed by atoms with Gasteiger partial charge in [0.05, 0.1) is 11.6 Å². The standard InChI is InChI=1S/C18H25ClFN5/c1-23(2)12-17-21-22-18(24(17)3)14-6-8-25(9-7-14)11-13-4-5-16(20)15(19)10-13/h4-5,10,14H,6-9,11-12H2,1-3H3. The van der Waals surface area contributed by atoms with Gasteiger partial charge in [0.15, 0.2) is 0 Å². The summed E-state index contributed by atoms with van der Waals surface area (Å²) in [7, 11) is 6.13. The van der Waals surface area contributed by atoms with E-state index in [9.17, 15) is 4.39 Å². The highest BCUT2D eigenvalue weighted by Crippen LogP contribution is 2.28. The van der Waals surface area contributed by atoms with Gasteiger partial charge in [-0.1, -0.05) is 17.7 Å². The number of hydrogen-bond acceptors (Lipinski definition) is 4. The number of nitrogens with zero attached hydrogens (tertiary/aromatic N) is 5. The van der Waals surface area contributed by atoms with Gasteiger partial charge in [-0.15, -0.1) is 10.2 Å². The Balaban J connectivity index is 1.58. The number of piperidine rings is 1. The zero-order valence-corrected chi connectivity index (χ0v) is 15.8. The van der Waals surface area contributed by atoms with Crippen molar-refractivity contribution in [2.75, 3.05) is 27.2 Å². The van der Waals surface area contributed by atoms with E-state index in [-0.39, 0.29) is 10.8 Å². The number of rotatable bonds is 5. The van der Waals surface area contributed by atoms with Crippen LogP contribution in [0.15, 0.2) is 18.2 Å². The third-order valence-electron chi connectivity index (χ3n) is 4.80. The first kappa shape index (κ1) is 18.3. The van der Waals surface area contributed by atoms with Crippen molar-refractivity contribution in [1.29, 1.82) is 0 Å². The smallest absolute Gasteiger partial charge is 0.146 e. The topological polar surface area (TPSA) is 37.2 Å². The van der Waals surface area contributed by atoms with Crippen molar-refractivity contribution in [2.45, 2.75) is 31.8 Å². The van der Waals surface area contributed by atoms with Gasteiger partial charge in [0.1, 0.15) is 17.5 Å². The van der Waals surface area contributed by atoms with E-state index >= 15 is 0 Å². The fourth-order valence-electron chi connectivity index (χ4n) is 3.40. The molecule has 0 radical (unpaired) electrons. The van der Waals surface area contributed by atoms with Gasteiger partial charge >= 0.3 is 0 Å². The molecule has 25 heavy (non-hydrogen) atoms. The number of hydrogen-bond donors (Lipinski definition) is 0. The Hall–Kier alpha value is -1.50. The van der Waals surface area contributed by atoms with Crippen LogP contribution in [0.5, 0.6) is 0 Å². The second-order valence-corrected chi connectivity index (χ2v) is 7.48. The summed E-state index contributed by atoms with van der Waals surface area (Å²) in [4.78, 5) is 4.49. The third-order valence-corrected chi connectivity index (χ3v) is 5.09. The molecule has 0 saturated carbocycles. The molecule has 0 N–H and O–H groups in total. The van der Waals surface area contributed by atoms with Gasteiger partial charge in [-0.25, -0.2) is 4.39 Å². The van der Waals surface area contributed by atoms with Gasteiger partial charge in [-0.3, -0.25) is 4.90 Å². The molecule has 1 aliphatic rings. The summed E-state index contributed by atoms with van der Waals surface area (Å²) in [5.41, 5.74) is 1.05. The molecule has 0 unspecified atom stereocenters. The van der Waals surface area contributed by atoms with E-state index in [1.54, 1.807) is 6.07 Å². The van der Waals surface area contributed by atoms with Crippen molar-refractivity contribution in [1.82, 2.24) is 24.6 Å². The maximum Gasteiger partial charge on any atom is 0.146 e. The molecule has 1 aliphatic heterocycles. The van der Waals surface area contributed by atoms with Gasteiger partial charge in [0.2, 0.25) is 0 Å². The van der Waals surface area contributed by atoms with Crippen LogP contribution in [0.2, 0.25) is 5.02 Å². The van der Waals surface area contributed by atoms with Crippen molar-refractivity contribution in [3.8, 4) is 0 Å². The van der Waals surface area contributed by atoms with Crippen LogP contribution >= 0.6 is 11.6 Å². The first-order valence-electron chi connectivity index (χ1n) is 8.63. The number of likely N-dealkylation sites (tertiary alicyclic amines) is 1. The highest BCUT2D eigenvalue weighted by Gasteiger charge is 2.25. The average molecular weight is 366 g/mol.